The molecule has 0 saturated carbocycles. The molecule has 20 heavy (non-hydrogen) atoms. The predicted octanol–water partition coefficient (Wildman–Crippen LogP) is 2.53. The number of nitrogen functional groups attached to an aromatic ring is 1. The molecule has 0 fully saturated rings. The molecule has 0 radical (unpaired) electrons. The molecular weight excluding hydrogens is 279 g/mol. The molecule has 1 amide bonds. The fourth-order valence-corrected chi connectivity index (χ4v) is 3.08. The number of hydrogen-bond donors (Lipinski definition) is 2. The van der Waals surface area contributed by atoms with Crippen molar-refractivity contribution in [3.05, 3.63) is 24.0 Å². The Balaban J connectivity index is 2.37. The Labute approximate surface area is 121 Å². The van der Waals surface area contributed by atoms with Gasteiger partial charge in [-0.3, -0.25) is 9.00 Å². The van der Waals surface area contributed by atoms with Gasteiger partial charge in [0.05, 0.1) is 5.69 Å². The lowest BCUT2D eigenvalue weighted by Gasteiger charge is -2.08. The van der Waals surface area contributed by atoms with Crippen LogP contribution in [0.15, 0.2) is 18.2 Å². The SMILES string of the molecule is CC(C)CS(=O)CCCC(=O)Nc1cc(N)ccc1F. The zero-order chi connectivity index (χ0) is 15.1. The van der Waals surface area contributed by atoms with Crippen LogP contribution in [0.4, 0.5) is 15.8 Å². The Hall–Kier alpha value is -1.43. The second kappa shape index (κ2) is 7.99. The molecule has 1 atom stereocenters. The van der Waals surface area contributed by atoms with Gasteiger partial charge in [-0.25, -0.2) is 4.39 Å². The average molecular weight is 300 g/mol. The summed E-state index contributed by atoms with van der Waals surface area (Å²) in [5.74, 6) is 0.703. The first-order valence-electron chi connectivity index (χ1n) is 6.58. The van der Waals surface area contributed by atoms with Crippen molar-refractivity contribution in [3.63, 3.8) is 0 Å². The van der Waals surface area contributed by atoms with Gasteiger partial charge >= 0.3 is 0 Å². The number of carbonyl (C=O) groups is 1. The largest absolute Gasteiger partial charge is 0.399 e. The summed E-state index contributed by atoms with van der Waals surface area (Å²) in [6.45, 7) is 4.01. The van der Waals surface area contributed by atoms with Crippen molar-refractivity contribution in [3.8, 4) is 0 Å². The molecule has 6 heteroatoms. The molecule has 1 unspecified atom stereocenters. The molecule has 1 rings (SSSR count). The molecule has 0 spiro atoms. The third kappa shape index (κ3) is 6.14. The lowest BCUT2D eigenvalue weighted by molar-refractivity contribution is -0.116. The van der Waals surface area contributed by atoms with Crippen molar-refractivity contribution in [2.75, 3.05) is 22.6 Å². The van der Waals surface area contributed by atoms with Crippen LogP contribution in [0.1, 0.15) is 26.7 Å². The quantitative estimate of drug-likeness (QED) is 0.760. The van der Waals surface area contributed by atoms with E-state index in [0.717, 1.165) is 0 Å². The number of halogens is 1. The maximum atomic E-state index is 13.4. The van der Waals surface area contributed by atoms with E-state index in [-0.39, 0.29) is 18.0 Å². The van der Waals surface area contributed by atoms with Gasteiger partial charge in [-0.2, -0.15) is 0 Å². The molecule has 3 N–H and O–H groups in total. The predicted molar refractivity (Wildman–Crippen MR) is 81.4 cm³/mol. The lowest BCUT2D eigenvalue weighted by Crippen LogP contribution is -2.15. The fraction of sp³-hybridized carbons (Fsp3) is 0.500. The molecule has 0 saturated heterocycles. The average Bonchev–Trinajstić information content (AvgIpc) is 2.33. The first kappa shape index (κ1) is 16.6. The van der Waals surface area contributed by atoms with Gasteiger partial charge in [-0.15, -0.1) is 0 Å². The van der Waals surface area contributed by atoms with Gasteiger partial charge in [-0.05, 0) is 30.5 Å². The summed E-state index contributed by atoms with van der Waals surface area (Å²) < 4.78 is 25.0. The molecule has 0 aliphatic carbocycles. The summed E-state index contributed by atoms with van der Waals surface area (Å²) in [4.78, 5) is 11.7. The summed E-state index contributed by atoms with van der Waals surface area (Å²) in [5.41, 5.74) is 6.00. The van der Waals surface area contributed by atoms with E-state index in [4.69, 9.17) is 5.73 Å². The fourth-order valence-electron chi connectivity index (χ4n) is 1.70. The smallest absolute Gasteiger partial charge is 0.224 e. The van der Waals surface area contributed by atoms with Crippen molar-refractivity contribution in [1.29, 1.82) is 0 Å². The van der Waals surface area contributed by atoms with E-state index in [1.807, 2.05) is 13.8 Å². The van der Waals surface area contributed by atoms with Crippen LogP contribution in [0.2, 0.25) is 0 Å². The maximum Gasteiger partial charge on any atom is 0.224 e. The van der Waals surface area contributed by atoms with Crippen LogP contribution < -0.4 is 11.1 Å². The number of benzene rings is 1. The Morgan fingerprint density at radius 2 is 2.15 bits per heavy atom. The maximum absolute atomic E-state index is 13.4. The Morgan fingerprint density at radius 3 is 2.80 bits per heavy atom. The molecular formula is C14H21FN2O2S. The lowest BCUT2D eigenvalue weighted by atomic mass is 10.2. The van der Waals surface area contributed by atoms with Crippen LogP contribution in [0.5, 0.6) is 0 Å². The number of anilines is 2. The second-order valence-electron chi connectivity index (χ2n) is 5.10. The zero-order valence-electron chi connectivity index (χ0n) is 11.8. The van der Waals surface area contributed by atoms with Gasteiger partial charge in [0.1, 0.15) is 5.82 Å². The molecule has 0 heterocycles. The highest BCUT2D eigenvalue weighted by Gasteiger charge is 2.09. The van der Waals surface area contributed by atoms with Crippen LogP contribution >= 0.6 is 0 Å². The highest BCUT2D eigenvalue weighted by molar-refractivity contribution is 7.84. The zero-order valence-corrected chi connectivity index (χ0v) is 12.6. The van der Waals surface area contributed by atoms with Crippen LogP contribution in [0.25, 0.3) is 0 Å². The first-order valence-corrected chi connectivity index (χ1v) is 8.07. The van der Waals surface area contributed by atoms with E-state index < -0.39 is 16.6 Å². The topological polar surface area (TPSA) is 72.2 Å². The molecule has 4 nitrogen and oxygen atoms in total. The second-order valence-corrected chi connectivity index (χ2v) is 6.72. The van der Waals surface area contributed by atoms with Crippen LogP contribution in [0.3, 0.4) is 0 Å². The van der Waals surface area contributed by atoms with Crippen LogP contribution in [-0.2, 0) is 15.6 Å². The van der Waals surface area contributed by atoms with Crippen molar-refractivity contribution < 1.29 is 13.4 Å². The van der Waals surface area contributed by atoms with E-state index in [9.17, 15) is 13.4 Å². The third-order valence-electron chi connectivity index (χ3n) is 2.56. The molecule has 0 aliphatic heterocycles. The standard InChI is InChI=1S/C14H21FN2O2S/c1-10(2)9-20(19)7-3-4-14(18)17-13-8-11(16)5-6-12(13)15/h5-6,8,10H,3-4,7,9,16H2,1-2H3,(H,17,18). The highest BCUT2D eigenvalue weighted by atomic mass is 32.2. The summed E-state index contributed by atoms with van der Waals surface area (Å²) in [6, 6.07) is 4.02. The summed E-state index contributed by atoms with van der Waals surface area (Å²) in [5, 5.41) is 2.47. The van der Waals surface area contributed by atoms with E-state index in [1.165, 1.54) is 18.2 Å². The monoisotopic (exact) mass is 300 g/mol. The van der Waals surface area contributed by atoms with Crippen molar-refractivity contribution in [2.45, 2.75) is 26.7 Å². The van der Waals surface area contributed by atoms with Crippen molar-refractivity contribution in [1.82, 2.24) is 0 Å². The van der Waals surface area contributed by atoms with Gasteiger partial charge in [0.2, 0.25) is 5.91 Å². The molecule has 0 bridgehead atoms. The highest BCUT2D eigenvalue weighted by Crippen LogP contribution is 2.17. The van der Waals surface area contributed by atoms with Gasteiger partial charge in [0.15, 0.2) is 0 Å². The molecule has 1 aromatic rings. The molecule has 1 aromatic carbocycles. The summed E-state index contributed by atoms with van der Waals surface area (Å²) in [7, 11) is -0.895. The van der Waals surface area contributed by atoms with Gasteiger partial charge in [0.25, 0.3) is 0 Å². The number of carbonyl (C=O) groups excluding carboxylic acids is 1. The van der Waals surface area contributed by atoms with E-state index in [0.29, 0.717) is 29.5 Å². The Kier molecular flexibility index (Phi) is 6.64. The van der Waals surface area contributed by atoms with Crippen molar-refractivity contribution in [2.24, 2.45) is 5.92 Å². The number of rotatable bonds is 7. The third-order valence-corrected chi connectivity index (χ3v) is 4.34. The van der Waals surface area contributed by atoms with E-state index >= 15 is 0 Å². The minimum atomic E-state index is -0.895. The summed E-state index contributed by atoms with van der Waals surface area (Å²) >= 11 is 0. The van der Waals surface area contributed by atoms with Crippen LogP contribution in [-0.4, -0.2) is 21.6 Å². The van der Waals surface area contributed by atoms with Gasteiger partial charge < -0.3 is 11.1 Å². The minimum absolute atomic E-state index is 0.0818. The van der Waals surface area contributed by atoms with Gasteiger partial charge in [-0.1, -0.05) is 13.8 Å². The van der Waals surface area contributed by atoms with Crippen LogP contribution in [0, 0.1) is 11.7 Å². The van der Waals surface area contributed by atoms with Gasteiger partial charge in [0, 0.05) is 34.4 Å². The van der Waals surface area contributed by atoms with Crippen molar-refractivity contribution >= 4 is 28.1 Å². The summed E-state index contributed by atoms with van der Waals surface area (Å²) in [6.07, 6.45) is 0.743. The molecule has 0 aromatic heterocycles. The molecule has 112 valence electrons. The number of hydrogen-bond acceptors (Lipinski definition) is 3. The first-order chi connectivity index (χ1) is 9.38. The number of nitrogens with one attached hydrogen (secondary N) is 1. The molecule has 0 aliphatic rings. The van der Waals surface area contributed by atoms with E-state index in [2.05, 4.69) is 5.32 Å². The number of amides is 1. The normalized spacial score (nSPS) is 12.4. The van der Waals surface area contributed by atoms with E-state index in [1.54, 1.807) is 0 Å². The Morgan fingerprint density at radius 1 is 1.45 bits per heavy atom. The number of nitrogens with two attached hydrogens (primary N) is 1. The minimum Gasteiger partial charge on any atom is -0.399 e. The Bertz CT molecular complexity index is 492.